The summed E-state index contributed by atoms with van der Waals surface area (Å²) < 4.78 is 3.34. The fourth-order valence-corrected chi connectivity index (χ4v) is 1.24. The van der Waals surface area contributed by atoms with E-state index in [1.54, 1.807) is 9.36 Å². The lowest BCUT2D eigenvalue weighted by Crippen LogP contribution is -2.09. The molecular weight excluding hydrogens is 194 g/mol. The van der Waals surface area contributed by atoms with Gasteiger partial charge in [-0.05, 0) is 6.92 Å². The Kier molecular flexibility index (Phi) is 2.41. The molecule has 0 N–H and O–H groups in total. The SMILES string of the molecule is CCn1ncnc1Cn1cnc(C#N)n1. The monoisotopic (exact) mass is 203 g/mol. The molecule has 2 heterocycles. The van der Waals surface area contributed by atoms with Crippen molar-refractivity contribution in [2.24, 2.45) is 0 Å². The zero-order valence-corrected chi connectivity index (χ0v) is 8.20. The Morgan fingerprint density at radius 1 is 1.47 bits per heavy atom. The number of rotatable bonds is 3. The highest BCUT2D eigenvalue weighted by atomic mass is 15.4. The summed E-state index contributed by atoms with van der Waals surface area (Å²) in [5, 5.41) is 16.5. The Labute approximate surface area is 86.0 Å². The topological polar surface area (TPSA) is 85.2 Å². The number of hydrogen-bond acceptors (Lipinski definition) is 5. The Bertz CT molecular complexity index is 489. The first-order chi connectivity index (χ1) is 7.33. The summed E-state index contributed by atoms with van der Waals surface area (Å²) in [5.74, 6) is 0.962. The first kappa shape index (κ1) is 9.33. The van der Waals surface area contributed by atoms with Gasteiger partial charge >= 0.3 is 0 Å². The highest BCUT2D eigenvalue weighted by Crippen LogP contribution is 1.97. The second kappa shape index (κ2) is 3.88. The van der Waals surface area contributed by atoms with E-state index in [4.69, 9.17) is 5.26 Å². The first-order valence-corrected chi connectivity index (χ1v) is 4.49. The molecule has 0 atom stereocenters. The highest BCUT2D eigenvalue weighted by Gasteiger charge is 2.05. The van der Waals surface area contributed by atoms with Crippen LogP contribution in [0.1, 0.15) is 18.6 Å². The number of nitriles is 1. The van der Waals surface area contributed by atoms with Gasteiger partial charge in [-0.1, -0.05) is 0 Å². The highest BCUT2D eigenvalue weighted by molar-refractivity contribution is 5.05. The van der Waals surface area contributed by atoms with E-state index in [2.05, 4.69) is 20.2 Å². The molecule has 7 heteroatoms. The van der Waals surface area contributed by atoms with Gasteiger partial charge in [-0.3, -0.25) is 0 Å². The molecule has 0 aliphatic rings. The molecule has 76 valence electrons. The molecule has 0 aliphatic carbocycles. The molecule has 0 radical (unpaired) electrons. The van der Waals surface area contributed by atoms with Crippen LogP contribution in [-0.2, 0) is 13.1 Å². The molecule has 0 amide bonds. The smallest absolute Gasteiger partial charge is 0.249 e. The maximum Gasteiger partial charge on any atom is 0.252 e. The maximum absolute atomic E-state index is 8.56. The van der Waals surface area contributed by atoms with Crippen molar-refractivity contribution in [2.75, 3.05) is 0 Å². The summed E-state index contributed by atoms with van der Waals surface area (Å²) in [6, 6.07) is 1.87. The lowest BCUT2D eigenvalue weighted by atomic mass is 10.6. The summed E-state index contributed by atoms with van der Waals surface area (Å²) in [4.78, 5) is 7.90. The van der Waals surface area contributed by atoms with Crippen molar-refractivity contribution in [1.29, 1.82) is 5.26 Å². The minimum Gasteiger partial charge on any atom is -0.249 e. The van der Waals surface area contributed by atoms with E-state index in [9.17, 15) is 0 Å². The molecule has 2 aromatic rings. The van der Waals surface area contributed by atoms with E-state index in [1.807, 2.05) is 13.0 Å². The number of aryl methyl sites for hydroxylation is 1. The van der Waals surface area contributed by atoms with E-state index >= 15 is 0 Å². The van der Waals surface area contributed by atoms with Crippen LogP contribution in [-0.4, -0.2) is 29.5 Å². The first-order valence-electron chi connectivity index (χ1n) is 4.49. The largest absolute Gasteiger partial charge is 0.252 e. The molecule has 7 nitrogen and oxygen atoms in total. The predicted octanol–water partition coefficient (Wildman–Crippen LogP) is -0.191. The van der Waals surface area contributed by atoms with E-state index in [0.29, 0.717) is 6.54 Å². The van der Waals surface area contributed by atoms with Crippen molar-refractivity contribution in [3.8, 4) is 6.07 Å². The predicted molar refractivity (Wildman–Crippen MR) is 49.5 cm³/mol. The van der Waals surface area contributed by atoms with Crippen molar-refractivity contribution < 1.29 is 0 Å². The molecule has 0 saturated heterocycles. The molecule has 0 spiro atoms. The van der Waals surface area contributed by atoms with Gasteiger partial charge < -0.3 is 0 Å². The normalized spacial score (nSPS) is 10.1. The third-order valence-electron chi connectivity index (χ3n) is 1.94. The summed E-state index contributed by atoms with van der Waals surface area (Å²) in [6.45, 7) is 3.22. The minimum atomic E-state index is 0.164. The fourth-order valence-electron chi connectivity index (χ4n) is 1.24. The maximum atomic E-state index is 8.56. The summed E-state index contributed by atoms with van der Waals surface area (Å²) in [7, 11) is 0. The number of hydrogen-bond donors (Lipinski definition) is 0. The van der Waals surface area contributed by atoms with Crippen LogP contribution in [0.3, 0.4) is 0 Å². The second-order valence-electron chi connectivity index (χ2n) is 2.87. The van der Waals surface area contributed by atoms with Crippen molar-refractivity contribution >= 4 is 0 Å². The van der Waals surface area contributed by atoms with Crippen LogP contribution in [0.4, 0.5) is 0 Å². The zero-order valence-electron chi connectivity index (χ0n) is 8.20. The van der Waals surface area contributed by atoms with Gasteiger partial charge in [0, 0.05) is 6.54 Å². The average molecular weight is 203 g/mol. The molecule has 2 aromatic heterocycles. The van der Waals surface area contributed by atoms with Gasteiger partial charge in [0.2, 0.25) is 0 Å². The molecule has 0 aliphatic heterocycles. The number of nitrogens with zero attached hydrogens (tertiary/aromatic N) is 7. The summed E-state index contributed by atoms with van der Waals surface area (Å²) in [6.07, 6.45) is 3.01. The van der Waals surface area contributed by atoms with E-state index in [1.165, 1.54) is 12.7 Å². The van der Waals surface area contributed by atoms with Crippen LogP contribution >= 0.6 is 0 Å². The lowest BCUT2D eigenvalue weighted by Gasteiger charge is -2.01. The Morgan fingerprint density at radius 3 is 3.00 bits per heavy atom. The Hall–Kier alpha value is -2.23. The van der Waals surface area contributed by atoms with Crippen LogP contribution in [0.5, 0.6) is 0 Å². The molecule has 0 unspecified atom stereocenters. The molecule has 0 aromatic carbocycles. The lowest BCUT2D eigenvalue weighted by molar-refractivity contribution is 0.566. The molecule has 2 rings (SSSR count). The Balaban J connectivity index is 2.18. The van der Waals surface area contributed by atoms with Crippen molar-refractivity contribution in [2.45, 2.75) is 20.0 Å². The van der Waals surface area contributed by atoms with Crippen LogP contribution < -0.4 is 0 Å². The van der Waals surface area contributed by atoms with Crippen molar-refractivity contribution in [1.82, 2.24) is 29.5 Å². The van der Waals surface area contributed by atoms with Gasteiger partial charge in [-0.25, -0.2) is 19.3 Å². The van der Waals surface area contributed by atoms with Gasteiger partial charge in [0.15, 0.2) is 0 Å². The molecule has 0 fully saturated rings. The van der Waals surface area contributed by atoms with Crippen LogP contribution in [0.2, 0.25) is 0 Å². The van der Waals surface area contributed by atoms with Gasteiger partial charge in [0.25, 0.3) is 5.82 Å². The van der Waals surface area contributed by atoms with Gasteiger partial charge in [0.1, 0.15) is 31.1 Å². The van der Waals surface area contributed by atoms with Gasteiger partial charge in [-0.2, -0.15) is 10.4 Å². The van der Waals surface area contributed by atoms with Gasteiger partial charge in [-0.15, -0.1) is 5.10 Å². The van der Waals surface area contributed by atoms with Crippen molar-refractivity contribution in [3.05, 3.63) is 24.3 Å². The minimum absolute atomic E-state index is 0.164. The quantitative estimate of drug-likeness (QED) is 0.690. The third kappa shape index (κ3) is 1.83. The average Bonchev–Trinajstić information content (AvgIpc) is 2.87. The van der Waals surface area contributed by atoms with E-state index in [-0.39, 0.29) is 5.82 Å². The van der Waals surface area contributed by atoms with E-state index < -0.39 is 0 Å². The van der Waals surface area contributed by atoms with Crippen molar-refractivity contribution in [3.63, 3.8) is 0 Å². The zero-order chi connectivity index (χ0) is 10.7. The molecule has 15 heavy (non-hydrogen) atoms. The Morgan fingerprint density at radius 2 is 2.33 bits per heavy atom. The van der Waals surface area contributed by atoms with Crippen LogP contribution in [0, 0.1) is 11.3 Å². The van der Waals surface area contributed by atoms with Crippen LogP contribution in [0.25, 0.3) is 0 Å². The van der Waals surface area contributed by atoms with E-state index in [0.717, 1.165) is 12.4 Å². The molecular formula is C8H9N7. The fraction of sp³-hybridized carbons (Fsp3) is 0.375. The summed E-state index contributed by atoms with van der Waals surface area (Å²) in [5.41, 5.74) is 0. The standard InChI is InChI=1S/C8H9N7/c1-2-15-8(10-5-12-15)4-14-6-11-7(3-9)13-14/h5-6H,2,4H2,1H3. The molecule has 0 saturated carbocycles. The second-order valence-corrected chi connectivity index (χ2v) is 2.87. The number of aromatic nitrogens is 6. The van der Waals surface area contributed by atoms with Crippen LogP contribution in [0.15, 0.2) is 12.7 Å². The molecule has 0 bridgehead atoms. The third-order valence-corrected chi connectivity index (χ3v) is 1.94. The van der Waals surface area contributed by atoms with Gasteiger partial charge in [0.05, 0.1) is 0 Å². The summed E-state index contributed by atoms with van der Waals surface area (Å²) >= 11 is 0.